The van der Waals surface area contributed by atoms with Crippen LogP contribution in [0.3, 0.4) is 0 Å². The Balaban J connectivity index is 0.00000169. The number of halogens is 1. The standard InChI is InChI=1S/C11H17NO.ClH/c1-3-11(13)12(2)9-10-7-5-4-6-8-10;/h4-8,11,13H,3,9H2,1-2H3;1H. The minimum Gasteiger partial charge on any atom is -0.378 e. The van der Waals surface area contributed by atoms with E-state index in [1.165, 1.54) is 5.56 Å². The third-order valence-electron chi connectivity index (χ3n) is 2.15. The zero-order valence-electron chi connectivity index (χ0n) is 8.68. The van der Waals surface area contributed by atoms with Crippen LogP contribution in [0.1, 0.15) is 18.9 Å². The molecular weight excluding hydrogens is 198 g/mol. The topological polar surface area (TPSA) is 23.5 Å². The molecule has 0 aliphatic rings. The van der Waals surface area contributed by atoms with Crippen molar-refractivity contribution in [2.24, 2.45) is 0 Å². The molecule has 2 nitrogen and oxygen atoms in total. The molecule has 1 N–H and O–H groups in total. The van der Waals surface area contributed by atoms with Crippen molar-refractivity contribution in [3.8, 4) is 0 Å². The molecule has 1 rings (SSSR count). The quantitative estimate of drug-likeness (QED) is 0.779. The van der Waals surface area contributed by atoms with Gasteiger partial charge in [-0.3, -0.25) is 4.90 Å². The highest BCUT2D eigenvalue weighted by Crippen LogP contribution is 2.05. The summed E-state index contributed by atoms with van der Waals surface area (Å²) >= 11 is 0. The van der Waals surface area contributed by atoms with Gasteiger partial charge in [-0.05, 0) is 19.0 Å². The SMILES string of the molecule is CCC(O)N(C)Cc1ccccc1.Cl. The van der Waals surface area contributed by atoms with E-state index in [0.29, 0.717) is 0 Å². The molecule has 0 fully saturated rings. The number of aliphatic hydroxyl groups excluding tert-OH is 1. The van der Waals surface area contributed by atoms with Gasteiger partial charge in [0.1, 0.15) is 6.23 Å². The second kappa shape index (κ2) is 6.82. The summed E-state index contributed by atoms with van der Waals surface area (Å²) in [5.41, 5.74) is 1.23. The van der Waals surface area contributed by atoms with Crippen LogP contribution >= 0.6 is 12.4 Å². The zero-order valence-corrected chi connectivity index (χ0v) is 9.50. The predicted octanol–water partition coefficient (Wildman–Crippen LogP) is 2.27. The van der Waals surface area contributed by atoms with Gasteiger partial charge in [-0.2, -0.15) is 0 Å². The maximum absolute atomic E-state index is 9.51. The number of rotatable bonds is 4. The molecule has 0 aliphatic carbocycles. The first-order chi connectivity index (χ1) is 6.24. The summed E-state index contributed by atoms with van der Waals surface area (Å²) in [5, 5.41) is 9.51. The summed E-state index contributed by atoms with van der Waals surface area (Å²) in [4.78, 5) is 1.94. The molecule has 0 aliphatic heterocycles. The van der Waals surface area contributed by atoms with Gasteiger partial charge in [0, 0.05) is 6.54 Å². The highest BCUT2D eigenvalue weighted by molar-refractivity contribution is 5.85. The van der Waals surface area contributed by atoms with Gasteiger partial charge >= 0.3 is 0 Å². The van der Waals surface area contributed by atoms with Crippen LogP contribution in [0.15, 0.2) is 30.3 Å². The highest BCUT2D eigenvalue weighted by Gasteiger charge is 2.07. The first-order valence-electron chi connectivity index (χ1n) is 4.66. The highest BCUT2D eigenvalue weighted by atomic mass is 35.5. The lowest BCUT2D eigenvalue weighted by Gasteiger charge is -2.21. The van der Waals surface area contributed by atoms with Crippen molar-refractivity contribution < 1.29 is 5.11 Å². The lowest BCUT2D eigenvalue weighted by molar-refractivity contribution is 0.0143. The van der Waals surface area contributed by atoms with E-state index in [4.69, 9.17) is 0 Å². The van der Waals surface area contributed by atoms with Gasteiger partial charge in [-0.15, -0.1) is 12.4 Å². The van der Waals surface area contributed by atoms with Crippen molar-refractivity contribution in [1.82, 2.24) is 4.90 Å². The molecular formula is C11H18ClNO. The molecule has 0 spiro atoms. The Kier molecular flexibility index (Phi) is 6.54. The van der Waals surface area contributed by atoms with Gasteiger partial charge < -0.3 is 5.11 Å². The Labute approximate surface area is 92.0 Å². The molecule has 0 amide bonds. The Bertz CT molecular complexity index is 240. The van der Waals surface area contributed by atoms with E-state index in [1.807, 2.05) is 37.1 Å². The molecule has 1 atom stereocenters. The molecule has 1 aromatic rings. The third-order valence-corrected chi connectivity index (χ3v) is 2.15. The van der Waals surface area contributed by atoms with Gasteiger partial charge in [0.05, 0.1) is 0 Å². The lowest BCUT2D eigenvalue weighted by Crippen LogP contribution is -2.30. The van der Waals surface area contributed by atoms with E-state index in [-0.39, 0.29) is 18.6 Å². The van der Waals surface area contributed by atoms with Crippen LogP contribution in [0.4, 0.5) is 0 Å². The molecule has 0 heterocycles. The molecule has 1 aromatic carbocycles. The van der Waals surface area contributed by atoms with Crippen LogP contribution in [0, 0.1) is 0 Å². The van der Waals surface area contributed by atoms with Crippen LogP contribution in [0.5, 0.6) is 0 Å². The lowest BCUT2D eigenvalue weighted by atomic mass is 10.2. The summed E-state index contributed by atoms with van der Waals surface area (Å²) < 4.78 is 0. The maximum Gasteiger partial charge on any atom is 0.107 e. The third kappa shape index (κ3) is 4.09. The number of aliphatic hydroxyl groups is 1. The summed E-state index contributed by atoms with van der Waals surface area (Å²) in [7, 11) is 1.93. The molecule has 0 bridgehead atoms. The van der Waals surface area contributed by atoms with E-state index < -0.39 is 0 Å². The zero-order chi connectivity index (χ0) is 9.68. The Morgan fingerprint density at radius 3 is 2.36 bits per heavy atom. The van der Waals surface area contributed by atoms with Crippen molar-refractivity contribution in [2.45, 2.75) is 26.1 Å². The number of hydrogen-bond donors (Lipinski definition) is 1. The van der Waals surface area contributed by atoms with E-state index >= 15 is 0 Å². The Morgan fingerprint density at radius 1 is 1.29 bits per heavy atom. The molecule has 80 valence electrons. The number of nitrogens with zero attached hydrogens (tertiary/aromatic N) is 1. The summed E-state index contributed by atoms with van der Waals surface area (Å²) in [6, 6.07) is 10.2. The summed E-state index contributed by atoms with van der Waals surface area (Å²) in [6.07, 6.45) is 0.434. The van der Waals surface area contributed by atoms with E-state index in [0.717, 1.165) is 13.0 Å². The monoisotopic (exact) mass is 215 g/mol. The average Bonchev–Trinajstić information content (AvgIpc) is 2.18. The molecule has 0 saturated heterocycles. The fourth-order valence-corrected chi connectivity index (χ4v) is 1.29. The normalized spacial score (nSPS) is 12.3. The van der Waals surface area contributed by atoms with E-state index in [9.17, 15) is 5.11 Å². The first-order valence-corrected chi connectivity index (χ1v) is 4.66. The largest absolute Gasteiger partial charge is 0.378 e. The second-order valence-electron chi connectivity index (χ2n) is 3.29. The fraction of sp³-hybridized carbons (Fsp3) is 0.455. The van der Waals surface area contributed by atoms with Crippen LogP contribution in [0.25, 0.3) is 0 Å². The molecule has 0 aromatic heterocycles. The van der Waals surface area contributed by atoms with Crippen molar-refractivity contribution >= 4 is 12.4 Å². The molecule has 3 heteroatoms. The van der Waals surface area contributed by atoms with Gasteiger partial charge in [-0.25, -0.2) is 0 Å². The van der Waals surface area contributed by atoms with Gasteiger partial charge in [0.2, 0.25) is 0 Å². The Morgan fingerprint density at radius 2 is 1.86 bits per heavy atom. The van der Waals surface area contributed by atoms with Gasteiger partial charge in [-0.1, -0.05) is 37.3 Å². The average molecular weight is 216 g/mol. The van der Waals surface area contributed by atoms with Crippen LogP contribution in [-0.4, -0.2) is 23.3 Å². The Hall–Kier alpha value is -0.570. The van der Waals surface area contributed by atoms with Gasteiger partial charge in [0.25, 0.3) is 0 Å². The van der Waals surface area contributed by atoms with Crippen molar-refractivity contribution in [2.75, 3.05) is 7.05 Å². The van der Waals surface area contributed by atoms with Gasteiger partial charge in [0.15, 0.2) is 0 Å². The van der Waals surface area contributed by atoms with E-state index in [1.54, 1.807) is 0 Å². The molecule has 14 heavy (non-hydrogen) atoms. The molecule has 0 saturated carbocycles. The van der Waals surface area contributed by atoms with Crippen LogP contribution in [-0.2, 0) is 6.54 Å². The van der Waals surface area contributed by atoms with Crippen molar-refractivity contribution in [3.05, 3.63) is 35.9 Å². The predicted molar refractivity (Wildman–Crippen MR) is 61.5 cm³/mol. The number of benzene rings is 1. The first kappa shape index (κ1) is 13.4. The summed E-state index contributed by atoms with van der Waals surface area (Å²) in [5.74, 6) is 0. The molecule has 0 radical (unpaired) electrons. The summed E-state index contributed by atoms with van der Waals surface area (Å²) in [6.45, 7) is 2.78. The number of hydrogen-bond acceptors (Lipinski definition) is 2. The minimum atomic E-state index is -0.333. The fourth-order valence-electron chi connectivity index (χ4n) is 1.29. The molecule has 1 unspecified atom stereocenters. The second-order valence-corrected chi connectivity index (χ2v) is 3.29. The van der Waals surface area contributed by atoms with Crippen LogP contribution < -0.4 is 0 Å². The van der Waals surface area contributed by atoms with Crippen LogP contribution in [0.2, 0.25) is 0 Å². The van der Waals surface area contributed by atoms with Crippen molar-refractivity contribution in [1.29, 1.82) is 0 Å². The maximum atomic E-state index is 9.51. The minimum absolute atomic E-state index is 0. The van der Waals surface area contributed by atoms with E-state index in [2.05, 4.69) is 12.1 Å². The van der Waals surface area contributed by atoms with Crippen molar-refractivity contribution in [3.63, 3.8) is 0 Å². The smallest absolute Gasteiger partial charge is 0.107 e.